The second-order valence-electron chi connectivity index (χ2n) is 5.87. The first kappa shape index (κ1) is 19.1. The average Bonchev–Trinajstić information content (AvgIpc) is 2.94. The van der Waals surface area contributed by atoms with E-state index in [2.05, 4.69) is 0 Å². The number of hydrogen-bond donors (Lipinski definition) is 1. The number of carbonyl (C=O) groups excluding carboxylic acids is 1. The summed E-state index contributed by atoms with van der Waals surface area (Å²) in [5.74, 6) is -0.805. The predicted molar refractivity (Wildman–Crippen MR) is 110 cm³/mol. The molecule has 7 heteroatoms. The molecule has 0 radical (unpaired) electrons. The minimum Gasteiger partial charge on any atom is -0.497 e. The van der Waals surface area contributed by atoms with Gasteiger partial charge in [-0.15, -0.1) is 0 Å². The lowest BCUT2D eigenvalue weighted by Gasteiger charge is -2.23. The number of amides is 1. The summed E-state index contributed by atoms with van der Waals surface area (Å²) in [6.45, 7) is 0. The summed E-state index contributed by atoms with van der Waals surface area (Å²) in [6.07, 6.45) is 1.89. The van der Waals surface area contributed by atoms with Gasteiger partial charge in [0, 0.05) is 6.42 Å². The third-order valence-electron chi connectivity index (χ3n) is 4.08. The summed E-state index contributed by atoms with van der Waals surface area (Å²) >= 11 is 6.42. The summed E-state index contributed by atoms with van der Waals surface area (Å²) in [6, 6.07) is 15.4. The molecule has 1 heterocycles. The van der Waals surface area contributed by atoms with Gasteiger partial charge < -0.3 is 9.84 Å². The van der Waals surface area contributed by atoms with Crippen LogP contribution in [0.4, 0.5) is 0 Å². The summed E-state index contributed by atoms with van der Waals surface area (Å²) in [7, 11) is 1.57. The Bertz CT molecular complexity index is 911. The maximum atomic E-state index is 12.9. The van der Waals surface area contributed by atoms with E-state index in [0.29, 0.717) is 10.7 Å². The molecule has 0 spiro atoms. The molecular weight excluding hydrogens is 382 g/mol. The van der Waals surface area contributed by atoms with Crippen LogP contribution >= 0.6 is 24.0 Å². The van der Waals surface area contributed by atoms with Crippen LogP contribution < -0.4 is 4.74 Å². The largest absolute Gasteiger partial charge is 0.497 e. The Hall–Kier alpha value is -2.64. The van der Waals surface area contributed by atoms with Gasteiger partial charge in [-0.1, -0.05) is 66.4 Å². The molecule has 1 unspecified atom stereocenters. The zero-order chi connectivity index (χ0) is 19.4. The van der Waals surface area contributed by atoms with Crippen LogP contribution in [0.3, 0.4) is 0 Å². The molecular formula is C20H17NO4S2. The smallest absolute Gasteiger partial charge is 0.327 e. The lowest BCUT2D eigenvalue weighted by atomic mass is 10.0. The zero-order valence-corrected chi connectivity index (χ0v) is 16.1. The van der Waals surface area contributed by atoms with Crippen LogP contribution in [0, 0.1) is 0 Å². The van der Waals surface area contributed by atoms with E-state index in [-0.39, 0.29) is 10.7 Å². The van der Waals surface area contributed by atoms with Gasteiger partial charge in [0.2, 0.25) is 0 Å². The van der Waals surface area contributed by atoms with E-state index in [1.54, 1.807) is 19.3 Å². The van der Waals surface area contributed by atoms with Crippen molar-refractivity contribution < 1.29 is 19.4 Å². The van der Waals surface area contributed by atoms with Crippen molar-refractivity contribution in [3.8, 4) is 5.75 Å². The molecule has 0 aliphatic carbocycles. The predicted octanol–water partition coefficient (Wildman–Crippen LogP) is 3.59. The number of benzene rings is 2. The van der Waals surface area contributed by atoms with E-state index >= 15 is 0 Å². The van der Waals surface area contributed by atoms with Crippen LogP contribution in [0.1, 0.15) is 11.1 Å². The molecule has 0 aromatic heterocycles. The van der Waals surface area contributed by atoms with Gasteiger partial charge in [-0.3, -0.25) is 9.69 Å². The van der Waals surface area contributed by atoms with Crippen molar-refractivity contribution in [2.45, 2.75) is 12.5 Å². The minimum atomic E-state index is -1.09. The SMILES string of the molecule is COc1cccc(/C=C2/SC(=S)N(C(Cc3ccccc3)C(=O)O)C2=O)c1. The van der Waals surface area contributed by atoms with Crippen molar-refractivity contribution in [3.05, 3.63) is 70.6 Å². The minimum absolute atomic E-state index is 0.190. The van der Waals surface area contributed by atoms with Crippen molar-refractivity contribution in [3.63, 3.8) is 0 Å². The van der Waals surface area contributed by atoms with Gasteiger partial charge in [-0.25, -0.2) is 4.79 Å². The number of carboxylic acid groups (broad SMARTS) is 1. The Morgan fingerprint density at radius 1 is 1.26 bits per heavy atom. The Morgan fingerprint density at radius 3 is 2.67 bits per heavy atom. The molecule has 1 aliphatic rings. The average molecular weight is 399 g/mol. The molecule has 3 rings (SSSR count). The number of rotatable bonds is 6. The molecule has 1 fully saturated rings. The summed E-state index contributed by atoms with van der Waals surface area (Å²) in [5, 5.41) is 9.68. The van der Waals surface area contributed by atoms with E-state index in [1.807, 2.05) is 48.5 Å². The number of carboxylic acids is 1. The Balaban J connectivity index is 1.87. The number of thiocarbonyl (C=S) groups is 1. The fourth-order valence-electron chi connectivity index (χ4n) is 2.76. The monoisotopic (exact) mass is 399 g/mol. The number of methoxy groups -OCH3 is 1. The van der Waals surface area contributed by atoms with E-state index in [9.17, 15) is 14.7 Å². The highest BCUT2D eigenvalue weighted by molar-refractivity contribution is 8.26. The van der Waals surface area contributed by atoms with Gasteiger partial charge >= 0.3 is 5.97 Å². The van der Waals surface area contributed by atoms with E-state index in [0.717, 1.165) is 22.9 Å². The molecule has 2 aromatic carbocycles. The number of nitrogens with zero attached hydrogens (tertiary/aromatic N) is 1. The van der Waals surface area contributed by atoms with Crippen molar-refractivity contribution in [1.82, 2.24) is 4.90 Å². The van der Waals surface area contributed by atoms with Gasteiger partial charge in [0.05, 0.1) is 12.0 Å². The fourth-order valence-corrected chi connectivity index (χ4v) is 4.11. The molecule has 1 aliphatic heterocycles. The van der Waals surface area contributed by atoms with Gasteiger partial charge in [0.25, 0.3) is 5.91 Å². The topological polar surface area (TPSA) is 66.8 Å². The number of hydrogen-bond acceptors (Lipinski definition) is 5. The van der Waals surface area contributed by atoms with Crippen LogP contribution in [0.5, 0.6) is 5.75 Å². The third kappa shape index (κ3) is 4.37. The molecule has 0 bridgehead atoms. The highest BCUT2D eigenvalue weighted by atomic mass is 32.2. The molecule has 0 saturated carbocycles. The Morgan fingerprint density at radius 2 is 2.00 bits per heavy atom. The molecule has 27 heavy (non-hydrogen) atoms. The Labute approximate surface area is 166 Å². The van der Waals surface area contributed by atoms with E-state index in [1.165, 1.54) is 4.90 Å². The number of carbonyl (C=O) groups is 2. The second kappa shape index (κ2) is 8.37. The zero-order valence-electron chi connectivity index (χ0n) is 14.5. The Kier molecular flexibility index (Phi) is 5.93. The molecule has 1 saturated heterocycles. The molecule has 2 aromatic rings. The van der Waals surface area contributed by atoms with Crippen molar-refractivity contribution in [1.29, 1.82) is 0 Å². The molecule has 1 amide bonds. The molecule has 5 nitrogen and oxygen atoms in total. The number of ether oxygens (including phenoxy) is 1. The van der Waals surface area contributed by atoms with Crippen molar-refractivity contribution in [2.24, 2.45) is 0 Å². The molecule has 138 valence electrons. The number of thioether (sulfide) groups is 1. The fraction of sp³-hybridized carbons (Fsp3) is 0.150. The highest BCUT2D eigenvalue weighted by Gasteiger charge is 2.40. The quantitative estimate of drug-likeness (QED) is 0.591. The first-order valence-corrected chi connectivity index (χ1v) is 9.40. The first-order valence-electron chi connectivity index (χ1n) is 8.17. The molecule has 1 atom stereocenters. The van der Waals surface area contributed by atoms with E-state index in [4.69, 9.17) is 17.0 Å². The second-order valence-corrected chi connectivity index (χ2v) is 7.55. The van der Waals surface area contributed by atoms with Gasteiger partial charge in [-0.05, 0) is 29.3 Å². The maximum absolute atomic E-state index is 12.9. The molecule has 1 N–H and O–H groups in total. The van der Waals surface area contributed by atoms with Crippen molar-refractivity contribution in [2.75, 3.05) is 7.11 Å². The summed E-state index contributed by atoms with van der Waals surface area (Å²) < 4.78 is 5.44. The van der Waals surface area contributed by atoms with Crippen LogP contribution in [0.25, 0.3) is 6.08 Å². The van der Waals surface area contributed by atoms with Gasteiger partial charge in [-0.2, -0.15) is 0 Å². The third-order valence-corrected chi connectivity index (χ3v) is 5.41. The van der Waals surface area contributed by atoms with E-state index < -0.39 is 17.9 Å². The highest BCUT2D eigenvalue weighted by Crippen LogP contribution is 2.35. The van der Waals surface area contributed by atoms with Gasteiger partial charge in [0.15, 0.2) is 0 Å². The first-order chi connectivity index (χ1) is 13.0. The van der Waals surface area contributed by atoms with Crippen LogP contribution in [0.2, 0.25) is 0 Å². The number of aliphatic carboxylic acids is 1. The standard InChI is InChI=1S/C20H17NO4S2/c1-25-15-9-5-8-14(10-15)12-17-18(22)21(20(26)27-17)16(19(23)24)11-13-6-3-2-4-7-13/h2-10,12,16H,11H2,1H3,(H,23,24)/b17-12+. The van der Waals surface area contributed by atoms with Crippen LogP contribution in [-0.2, 0) is 16.0 Å². The maximum Gasteiger partial charge on any atom is 0.327 e. The lowest BCUT2D eigenvalue weighted by Crippen LogP contribution is -2.45. The van der Waals surface area contributed by atoms with Crippen LogP contribution in [-0.4, -0.2) is 39.4 Å². The van der Waals surface area contributed by atoms with Crippen molar-refractivity contribution >= 4 is 46.3 Å². The summed E-state index contributed by atoms with van der Waals surface area (Å²) in [4.78, 5) is 26.3. The summed E-state index contributed by atoms with van der Waals surface area (Å²) in [5.41, 5.74) is 1.61. The normalized spacial score (nSPS) is 16.6. The van der Waals surface area contributed by atoms with Gasteiger partial charge in [0.1, 0.15) is 16.1 Å². The lowest BCUT2D eigenvalue weighted by molar-refractivity contribution is -0.145. The van der Waals surface area contributed by atoms with Crippen LogP contribution in [0.15, 0.2) is 59.5 Å².